The summed E-state index contributed by atoms with van der Waals surface area (Å²) >= 11 is 5.17. The first-order valence-corrected chi connectivity index (χ1v) is 8.13. The average molecular weight is 319 g/mol. The van der Waals surface area contributed by atoms with Gasteiger partial charge in [-0.05, 0) is 43.7 Å². The van der Waals surface area contributed by atoms with Gasteiger partial charge in [0.15, 0.2) is 0 Å². The van der Waals surface area contributed by atoms with Gasteiger partial charge in [-0.2, -0.15) is 0 Å². The fourth-order valence-electron chi connectivity index (χ4n) is 2.96. The lowest BCUT2D eigenvalue weighted by molar-refractivity contribution is -0.121. The van der Waals surface area contributed by atoms with Crippen molar-refractivity contribution in [2.45, 2.75) is 12.8 Å². The van der Waals surface area contributed by atoms with Gasteiger partial charge >= 0.3 is 0 Å². The third kappa shape index (κ3) is 3.75. The van der Waals surface area contributed by atoms with Gasteiger partial charge in [-0.3, -0.25) is 9.69 Å². The predicted molar refractivity (Wildman–Crippen MR) is 89.5 cm³/mol. The van der Waals surface area contributed by atoms with Gasteiger partial charge in [-0.25, -0.2) is 0 Å². The molecule has 0 aromatic heterocycles. The Balaban J connectivity index is 1.53. The van der Waals surface area contributed by atoms with E-state index in [1.165, 1.54) is 0 Å². The summed E-state index contributed by atoms with van der Waals surface area (Å²) in [6.07, 6.45) is 1.98. The molecule has 5 nitrogen and oxygen atoms in total. The number of likely N-dealkylation sites (tertiary alicyclic amines) is 1. The normalized spacial score (nSPS) is 22.5. The molecule has 0 saturated carbocycles. The molecule has 2 saturated heterocycles. The van der Waals surface area contributed by atoms with E-state index in [9.17, 15) is 4.79 Å². The van der Waals surface area contributed by atoms with E-state index in [0.717, 1.165) is 44.8 Å². The molecule has 0 bridgehead atoms. The Kier molecular flexibility index (Phi) is 4.90. The van der Waals surface area contributed by atoms with Gasteiger partial charge in [-0.15, -0.1) is 0 Å². The fourth-order valence-corrected chi connectivity index (χ4v) is 3.19. The van der Waals surface area contributed by atoms with Crippen molar-refractivity contribution in [2.24, 2.45) is 5.92 Å². The van der Waals surface area contributed by atoms with Crippen LogP contribution in [0.3, 0.4) is 0 Å². The van der Waals surface area contributed by atoms with E-state index in [1.54, 1.807) is 0 Å². The molecule has 2 aliphatic rings. The predicted octanol–water partition coefficient (Wildman–Crippen LogP) is 1.91. The number of hydrogen-bond donors (Lipinski definition) is 1. The van der Waals surface area contributed by atoms with E-state index in [2.05, 4.69) is 15.1 Å². The quantitative estimate of drug-likeness (QED) is 0.859. The molecular weight excluding hydrogens is 298 g/mol. The second-order valence-corrected chi connectivity index (χ2v) is 6.14. The number of carbonyl (C=O) groups is 1. The number of amides is 1. The van der Waals surface area contributed by atoms with Crippen LogP contribution >= 0.6 is 12.2 Å². The van der Waals surface area contributed by atoms with E-state index >= 15 is 0 Å². The van der Waals surface area contributed by atoms with Gasteiger partial charge in [-0.1, -0.05) is 18.2 Å². The number of benzene rings is 1. The number of para-hydroxylation sites is 1. The minimum absolute atomic E-state index is 0.0334. The Bertz CT molecular complexity index is 537. The molecule has 1 unspecified atom stereocenters. The highest BCUT2D eigenvalue weighted by Gasteiger charge is 2.28. The second-order valence-electron chi connectivity index (χ2n) is 5.79. The Labute approximate surface area is 136 Å². The van der Waals surface area contributed by atoms with Crippen LogP contribution in [0.2, 0.25) is 0 Å². The van der Waals surface area contributed by atoms with Crippen LogP contribution in [0.4, 0.5) is 5.69 Å². The third-order valence-corrected chi connectivity index (χ3v) is 4.51. The first-order valence-electron chi connectivity index (χ1n) is 7.72. The number of piperidine rings is 1. The van der Waals surface area contributed by atoms with Crippen molar-refractivity contribution in [3.63, 3.8) is 0 Å². The third-order valence-electron chi connectivity index (χ3n) is 4.13. The van der Waals surface area contributed by atoms with Gasteiger partial charge < -0.3 is 15.0 Å². The lowest BCUT2D eigenvalue weighted by Gasteiger charge is -2.34. The highest BCUT2D eigenvalue weighted by Crippen LogP contribution is 2.19. The van der Waals surface area contributed by atoms with Crippen molar-refractivity contribution < 1.29 is 9.53 Å². The molecule has 3 rings (SSSR count). The van der Waals surface area contributed by atoms with Crippen LogP contribution in [0, 0.1) is 5.92 Å². The smallest absolute Gasteiger partial charge is 0.260 e. The zero-order valence-electron chi connectivity index (χ0n) is 12.5. The monoisotopic (exact) mass is 319 g/mol. The maximum atomic E-state index is 12.4. The zero-order valence-corrected chi connectivity index (χ0v) is 13.3. The zero-order chi connectivity index (χ0) is 15.4. The number of nitrogens with one attached hydrogen (secondary N) is 1. The fraction of sp³-hybridized carbons (Fsp3) is 0.500. The first kappa shape index (κ1) is 15.2. The van der Waals surface area contributed by atoms with Crippen LogP contribution < -0.4 is 5.32 Å². The van der Waals surface area contributed by atoms with Crippen LogP contribution in [0.15, 0.2) is 30.3 Å². The van der Waals surface area contributed by atoms with Gasteiger partial charge in [0.25, 0.3) is 5.17 Å². The number of rotatable bonds is 4. The molecule has 0 radical (unpaired) electrons. The van der Waals surface area contributed by atoms with E-state index in [4.69, 9.17) is 17.0 Å². The van der Waals surface area contributed by atoms with Crippen molar-refractivity contribution in [3.05, 3.63) is 30.3 Å². The number of nitrogens with zero attached hydrogens (tertiary/aromatic N) is 2. The maximum Gasteiger partial charge on any atom is 0.260 e. The maximum absolute atomic E-state index is 12.4. The number of carbonyl (C=O) groups excluding carboxylic acids is 1. The standard InChI is InChI=1S/C16H21N3O2S/c20-15(17-14-6-2-1-3-7-14)13-5-4-8-18(11-13)12-19-9-10-21-16(19)22/h1-3,6-7,13H,4-5,8-12H2,(H,17,20). The molecular formula is C16H21N3O2S. The molecule has 2 heterocycles. The summed E-state index contributed by atoms with van der Waals surface area (Å²) in [5.74, 6) is 0.141. The van der Waals surface area contributed by atoms with Gasteiger partial charge in [0.05, 0.1) is 19.1 Å². The van der Waals surface area contributed by atoms with Crippen molar-refractivity contribution in [1.29, 1.82) is 0 Å². The SMILES string of the molecule is O=C(Nc1ccccc1)C1CCCN(CN2CCOC2=S)C1. The lowest BCUT2D eigenvalue weighted by Crippen LogP contribution is -2.46. The van der Waals surface area contributed by atoms with Crippen LogP contribution in [0.1, 0.15) is 12.8 Å². The van der Waals surface area contributed by atoms with E-state index in [-0.39, 0.29) is 11.8 Å². The highest BCUT2D eigenvalue weighted by molar-refractivity contribution is 7.80. The summed E-state index contributed by atoms with van der Waals surface area (Å²) in [5, 5.41) is 3.58. The molecule has 22 heavy (non-hydrogen) atoms. The molecule has 118 valence electrons. The van der Waals surface area contributed by atoms with Crippen molar-refractivity contribution in [2.75, 3.05) is 38.2 Å². The largest absolute Gasteiger partial charge is 0.469 e. The number of thiocarbonyl (C=S) groups is 1. The number of anilines is 1. The Morgan fingerprint density at radius 1 is 1.32 bits per heavy atom. The van der Waals surface area contributed by atoms with E-state index < -0.39 is 0 Å². The molecule has 2 fully saturated rings. The van der Waals surface area contributed by atoms with Gasteiger partial charge in [0.1, 0.15) is 6.61 Å². The molecule has 1 aromatic carbocycles. The first-order chi connectivity index (χ1) is 10.7. The Morgan fingerprint density at radius 3 is 2.86 bits per heavy atom. The topological polar surface area (TPSA) is 44.8 Å². The van der Waals surface area contributed by atoms with Crippen LogP contribution in [0.5, 0.6) is 0 Å². The summed E-state index contributed by atoms with van der Waals surface area (Å²) in [6.45, 7) is 4.06. The number of hydrogen-bond acceptors (Lipinski definition) is 4. The minimum atomic E-state index is 0.0334. The summed E-state index contributed by atoms with van der Waals surface area (Å²) < 4.78 is 5.31. The van der Waals surface area contributed by atoms with Gasteiger partial charge in [0.2, 0.25) is 5.91 Å². The van der Waals surface area contributed by atoms with Crippen molar-refractivity contribution in [1.82, 2.24) is 9.80 Å². The van der Waals surface area contributed by atoms with Crippen LogP contribution in [0.25, 0.3) is 0 Å². The molecule has 1 amide bonds. The molecule has 1 N–H and O–H groups in total. The summed E-state index contributed by atoms with van der Waals surface area (Å²) in [5.41, 5.74) is 0.860. The van der Waals surface area contributed by atoms with E-state index in [1.807, 2.05) is 30.3 Å². The molecule has 0 spiro atoms. The molecule has 0 aliphatic carbocycles. The van der Waals surface area contributed by atoms with Crippen molar-refractivity contribution >= 4 is 29.0 Å². The Morgan fingerprint density at radius 2 is 2.14 bits per heavy atom. The van der Waals surface area contributed by atoms with E-state index in [0.29, 0.717) is 11.8 Å². The molecule has 1 aromatic rings. The average Bonchev–Trinajstić information content (AvgIpc) is 2.94. The highest BCUT2D eigenvalue weighted by atomic mass is 32.1. The van der Waals surface area contributed by atoms with Crippen LogP contribution in [-0.4, -0.2) is 53.8 Å². The second kappa shape index (κ2) is 7.07. The van der Waals surface area contributed by atoms with Gasteiger partial charge in [0, 0.05) is 12.2 Å². The summed E-state index contributed by atoms with van der Waals surface area (Å²) in [4.78, 5) is 16.8. The molecule has 1 atom stereocenters. The lowest BCUT2D eigenvalue weighted by atomic mass is 9.97. The van der Waals surface area contributed by atoms with Crippen molar-refractivity contribution in [3.8, 4) is 0 Å². The molecule has 2 aliphatic heterocycles. The molecule has 6 heteroatoms. The summed E-state index contributed by atoms with van der Waals surface area (Å²) in [7, 11) is 0. The number of ether oxygens (including phenoxy) is 1. The minimum Gasteiger partial charge on any atom is -0.469 e. The van der Waals surface area contributed by atoms with Crippen LogP contribution in [-0.2, 0) is 9.53 Å². The summed E-state index contributed by atoms with van der Waals surface area (Å²) in [6, 6.07) is 9.63. The Hall–Kier alpha value is -1.66.